The highest BCUT2D eigenvalue weighted by Gasteiger charge is 2.36. The van der Waals surface area contributed by atoms with E-state index in [0.717, 1.165) is 23.6 Å². The first-order valence-corrected chi connectivity index (χ1v) is 14.6. The Bertz CT molecular complexity index is 1830. The molecule has 0 N–H and O–H groups in total. The quantitative estimate of drug-likeness (QED) is 0.103. The fourth-order valence-electron chi connectivity index (χ4n) is 4.38. The molecule has 0 bridgehead atoms. The minimum absolute atomic E-state index is 0.0169. The van der Waals surface area contributed by atoms with Crippen molar-refractivity contribution in [3.05, 3.63) is 76.7 Å². The third kappa shape index (κ3) is 7.06. The summed E-state index contributed by atoms with van der Waals surface area (Å²) in [6.07, 6.45) is -3.84. The maximum absolute atomic E-state index is 13.6. The third-order valence-electron chi connectivity index (χ3n) is 6.28. The van der Waals surface area contributed by atoms with E-state index in [4.69, 9.17) is 42.2 Å². The van der Waals surface area contributed by atoms with Gasteiger partial charge in [-0.05, 0) is 52.4 Å². The predicted molar refractivity (Wildman–Crippen MR) is 161 cm³/mol. The molecule has 0 aliphatic heterocycles. The van der Waals surface area contributed by atoms with Crippen molar-refractivity contribution < 1.29 is 41.0 Å². The van der Waals surface area contributed by atoms with Crippen LogP contribution >= 0.6 is 27.3 Å². The van der Waals surface area contributed by atoms with Crippen LogP contribution in [-0.2, 0) is 21.5 Å². The molecule has 18 heteroatoms. The highest BCUT2D eigenvalue weighted by molar-refractivity contribution is 9.10. The molecule has 0 unspecified atom stereocenters. The number of carbonyl (C=O) groups is 1. The van der Waals surface area contributed by atoms with Crippen LogP contribution < -0.4 is 9.47 Å². The van der Waals surface area contributed by atoms with Crippen LogP contribution in [0.2, 0.25) is 0 Å². The van der Waals surface area contributed by atoms with Gasteiger partial charge in [-0.2, -0.15) is 22.7 Å². The number of para-hydroxylation sites is 1. The standard InChI is InChI=1S/C27H18B3BrF4N4O5S/c1-2-41-25(40)21(43-23-18-20(31)22(15-7-8-17(32)42-15)45-24(18)37-12-36-23)19(28)13-5-3-4-6-14(13)44-27(29,30)16-9-10-38-39(16)11-26(33,34)35/h3-10,12,19,21H,2,11H2,1H3/t19-,21+/m1/s1. The van der Waals surface area contributed by atoms with E-state index in [9.17, 15) is 22.4 Å². The smallest absolute Gasteiger partial charge is 0.408 e. The molecule has 2 atom stereocenters. The van der Waals surface area contributed by atoms with Gasteiger partial charge in [0, 0.05) is 12.3 Å². The molecule has 0 aliphatic rings. The molecular weight excluding hydrogens is 681 g/mol. The fourth-order valence-corrected chi connectivity index (χ4v) is 6.29. The van der Waals surface area contributed by atoms with Gasteiger partial charge in [0.1, 0.15) is 44.9 Å². The summed E-state index contributed by atoms with van der Waals surface area (Å²) < 4.78 is 76.2. The molecule has 1 aromatic carbocycles. The average Bonchev–Trinajstić information content (AvgIpc) is 3.70. The topological polar surface area (TPSA) is 102 Å². The van der Waals surface area contributed by atoms with Crippen LogP contribution in [0.25, 0.3) is 20.9 Å². The maximum atomic E-state index is 13.6. The van der Waals surface area contributed by atoms with Crippen LogP contribution in [0.1, 0.15) is 24.0 Å². The number of hydrogen-bond acceptors (Lipinski definition) is 9. The van der Waals surface area contributed by atoms with Gasteiger partial charge in [0.2, 0.25) is 5.88 Å². The van der Waals surface area contributed by atoms with Gasteiger partial charge in [0.25, 0.3) is 6.01 Å². The molecule has 9 nitrogen and oxygen atoms in total. The Hall–Kier alpha value is -3.79. The van der Waals surface area contributed by atoms with Crippen LogP contribution in [0.5, 0.6) is 11.6 Å². The first-order valence-electron chi connectivity index (χ1n) is 13.0. The Balaban J connectivity index is 1.50. The minimum atomic E-state index is -4.61. The van der Waals surface area contributed by atoms with Crippen molar-refractivity contribution >= 4 is 67.0 Å². The van der Waals surface area contributed by atoms with E-state index < -0.39 is 42.0 Å². The Labute approximate surface area is 269 Å². The summed E-state index contributed by atoms with van der Waals surface area (Å²) in [4.78, 5) is 22.6. The Kier molecular flexibility index (Phi) is 9.35. The van der Waals surface area contributed by atoms with E-state index in [0.29, 0.717) is 24.2 Å². The van der Waals surface area contributed by atoms with E-state index in [2.05, 4.69) is 31.0 Å². The van der Waals surface area contributed by atoms with Crippen LogP contribution in [0.15, 0.2) is 63.9 Å². The molecule has 5 aromatic rings. The molecule has 5 rings (SSSR count). The lowest BCUT2D eigenvalue weighted by Gasteiger charge is -2.32. The van der Waals surface area contributed by atoms with Gasteiger partial charge < -0.3 is 18.6 Å². The zero-order valence-corrected chi connectivity index (χ0v) is 25.5. The molecule has 4 heterocycles. The zero-order chi connectivity index (χ0) is 32.5. The number of rotatable bonds is 11. The largest absolute Gasteiger partial charge is 0.501 e. The number of furan rings is 1. The van der Waals surface area contributed by atoms with Crippen LogP contribution in [0.4, 0.5) is 17.6 Å². The molecule has 0 saturated carbocycles. The molecular formula is C27H18B3BrF4N4O5S. The minimum Gasteiger partial charge on any atom is -0.501 e. The summed E-state index contributed by atoms with van der Waals surface area (Å²) in [5, 5.41) is 1.69. The molecule has 0 aliphatic carbocycles. The van der Waals surface area contributed by atoms with Gasteiger partial charge in [-0.25, -0.2) is 14.8 Å². The number of halogens is 5. The highest BCUT2D eigenvalue weighted by atomic mass is 79.9. The van der Waals surface area contributed by atoms with Gasteiger partial charge in [0.05, 0.1) is 40.3 Å². The normalized spacial score (nSPS) is 13.5. The number of nitrogens with zero attached hydrogens (tertiary/aromatic N) is 4. The number of carbonyl (C=O) groups excluding carboxylic acids is 1. The number of aromatic nitrogens is 4. The van der Waals surface area contributed by atoms with Crippen molar-refractivity contribution in [2.75, 3.05) is 6.61 Å². The lowest BCUT2D eigenvalue weighted by Crippen LogP contribution is -2.39. The summed E-state index contributed by atoms with van der Waals surface area (Å²) in [7, 11) is 18.9. The third-order valence-corrected chi connectivity index (χ3v) is 8.45. The summed E-state index contributed by atoms with van der Waals surface area (Å²) in [5.74, 6) is -2.06. The SMILES string of the molecule is [B][C@H](c1ccccc1OC([B])([B])c1ccnn1CC(F)(F)F)[C@H](Oc1ncnc2sc(-c3ccc(F)o3)c(Br)c12)C(=O)OCC. The Morgan fingerprint density at radius 1 is 1.16 bits per heavy atom. The van der Waals surface area contributed by atoms with E-state index in [1.807, 2.05) is 0 Å². The molecule has 0 amide bonds. The second-order valence-electron chi connectivity index (χ2n) is 9.45. The molecule has 4 aromatic heterocycles. The molecule has 6 radical (unpaired) electrons. The van der Waals surface area contributed by atoms with Crippen molar-refractivity contribution in [1.29, 1.82) is 0 Å². The summed E-state index contributed by atoms with van der Waals surface area (Å²) >= 11 is 4.63. The zero-order valence-electron chi connectivity index (χ0n) is 23.1. The van der Waals surface area contributed by atoms with Crippen molar-refractivity contribution in [1.82, 2.24) is 19.7 Å². The first-order chi connectivity index (χ1) is 21.3. The van der Waals surface area contributed by atoms with Gasteiger partial charge in [-0.1, -0.05) is 18.2 Å². The predicted octanol–water partition coefficient (Wildman–Crippen LogP) is 5.36. The van der Waals surface area contributed by atoms with Gasteiger partial charge >= 0.3 is 12.1 Å². The molecule has 0 saturated heterocycles. The average molecular weight is 699 g/mol. The number of alkyl halides is 3. The second kappa shape index (κ2) is 12.9. The van der Waals surface area contributed by atoms with Gasteiger partial charge in [0.15, 0.2) is 6.10 Å². The number of fused-ring (bicyclic) bond motifs is 1. The molecule has 0 spiro atoms. The van der Waals surface area contributed by atoms with Crippen LogP contribution in [-0.4, -0.2) is 68.1 Å². The van der Waals surface area contributed by atoms with E-state index in [1.54, 1.807) is 19.1 Å². The number of hydrogen-bond donors (Lipinski definition) is 0. The lowest BCUT2D eigenvalue weighted by molar-refractivity contribution is -0.151. The number of esters is 1. The monoisotopic (exact) mass is 698 g/mol. The van der Waals surface area contributed by atoms with Crippen LogP contribution in [0.3, 0.4) is 0 Å². The molecule has 45 heavy (non-hydrogen) atoms. The Morgan fingerprint density at radius 3 is 2.60 bits per heavy atom. The van der Waals surface area contributed by atoms with E-state index in [-0.39, 0.29) is 35.3 Å². The first kappa shape index (κ1) is 32.6. The van der Waals surface area contributed by atoms with Gasteiger partial charge in [-0.3, -0.25) is 4.68 Å². The molecule has 0 fully saturated rings. The van der Waals surface area contributed by atoms with Gasteiger partial charge in [-0.15, -0.1) is 11.3 Å². The van der Waals surface area contributed by atoms with Crippen molar-refractivity contribution in [3.8, 4) is 22.3 Å². The van der Waals surface area contributed by atoms with Crippen molar-refractivity contribution in [2.45, 2.75) is 37.0 Å². The highest BCUT2D eigenvalue weighted by Crippen LogP contribution is 2.45. The number of ether oxygens (including phenoxy) is 3. The summed E-state index contributed by atoms with van der Waals surface area (Å²) in [6.45, 7) is 0.111. The van der Waals surface area contributed by atoms with Crippen LogP contribution in [0, 0.1) is 6.01 Å². The Morgan fingerprint density at radius 2 is 1.91 bits per heavy atom. The number of benzene rings is 1. The van der Waals surface area contributed by atoms with Crippen molar-refractivity contribution in [3.63, 3.8) is 0 Å². The number of thiophene rings is 1. The summed E-state index contributed by atoms with van der Waals surface area (Å²) in [5.41, 5.74) is -0.126. The second-order valence-corrected chi connectivity index (χ2v) is 11.2. The van der Waals surface area contributed by atoms with Crippen molar-refractivity contribution in [2.24, 2.45) is 0 Å². The summed E-state index contributed by atoms with van der Waals surface area (Å²) in [6, 6.07) is 9.05. The van der Waals surface area contributed by atoms with E-state index in [1.165, 1.54) is 30.6 Å². The lowest BCUT2D eigenvalue weighted by atomic mass is 9.63. The molecule has 226 valence electrons. The van der Waals surface area contributed by atoms with E-state index >= 15 is 0 Å². The fraction of sp³-hybridized carbons (Fsp3) is 0.259. The maximum Gasteiger partial charge on any atom is 0.408 e.